The number of carbonyl (C=O) groups excluding carboxylic acids is 1. The van der Waals surface area contributed by atoms with Crippen LogP contribution in [0.25, 0.3) is 0 Å². The molecular formula is C17H25BrClN3O3S. The van der Waals surface area contributed by atoms with E-state index in [0.29, 0.717) is 32.1 Å². The molecule has 0 aromatic heterocycles. The highest BCUT2D eigenvalue weighted by Crippen LogP contribution is 2.28. The fraction of sp³-hybridized carbons (Fsp3) is 0.588. The first-order chi connectivity index (χ1) is 12.1. The van der Waals surface area contributed by atoms with Crippen LogP contribution >= 0.6 is 27.5 Å². The number of nitrogens with zero attached hydrogens (tertiary/aromatic N) is 2. The fourth-order valence-corrected chi connectivity index (χ4v) is 5.05. The van der Waals surface area contributed by atoms with Crippen molar-refractivity contribution >= 4 is 43.5 Å². The zero-order chi connectivity index (χ0) is 19.5. The van der Waals surface area contributed by atoms with E-state index in [1.165, 1.54) is 10.4 Å². The first-order valence-electron chi connectivity index (χ1n) is 8.58. The summed E-state index contributed by atoms with van der Waals surface area (Å²) < 4.78 is 27.7. The van der Waals surface area contributed by atoms with Gasteiger partial charge in [-0.2, -0.15) is 4.31 Å². The quantitative estimate of drug-likeness (QED) is 0.699. The fourth-order valence-electron chi connectivity index (χ4n) is 2.62. The van der Waals surface area contributed by atoms with Gasteiger partial charge in [0.25, 0.3) is 0 Å². The molecule has 0 spiro atoms. The van der Waals surface area contributed by atoms with Crippen LogP contribution in [0.5, 0.6) is 0 Å². The molecule has 1 saturated heterocycles. The Kier molecular flexibility index (Phi) is 7.50. The Morgan fingerprint density at radius 1 is 1.23 bits per heavy atom. The van der Waals surface area contributed by atoms with Crippen LogP contribution in [0, 0.1) is 5.92 Å². The highest BCUT2D eigenvalue weighted by molar-refractivity contribution is 9.10. The second kappa shape index (κ2) is 9.01. The summed E-state index contributed by atoms with van der Waals surface area (Å²) in [6.45, 7) is 8.07. The van der Waals surface area contributed by atoms with E-state index in [1.54, 1.807) is 12.1 Å². The van der Waals surface area contributed by atoms with E-state index in [4.69, 9.17) is 11.6 Å². The van der Waals surface area contributed by atoms with Gasteiger partial charge < -0.3 is 5.32 Å². The van der Waals surface area contributed by atoms with E-state index in [2.05, 4.69) is 35.1 Å². The van der Waals surface area contributed by atoms with Gasteiger partial charge in [0.2, 0.25) is 15.9 Å². The second-order valence-electron chi connectivity index (χ2n) is 6.86. The maximum absolute atomic E-state index is 12.8. The van der Waals surface area contributed by atoms with E-state index in [-0.39, 0.29) is 28.4 Å². The molecule has 1 amide bonds. The number of halogens is 2. The van der Waals surface area contributed by atoms with Gasteiger partial charge >= 0.3 is 0 Å². The van der Waals surface area contributed by atoms with Crippen molar-refractivity contribution in [3.63, 3.8) is 0 Å². The van der Waals surface area contributed by atoms with Gasteiger partial charge in [-0.05, 0) is 31.0 Å². The highest BCUT2D eigenvalue weighted by Gasteiger charge is 2.30. The molecule has 1 aromatic rings. The largest absolute Gasteiger partial charge is 0.352 e. The Hall–Kier alpha value is -0.670. The van der Waals surface area contributed by atoms with Crippen LogP contribution in [0.1, 0.15) is 20.8 Å². The molecule has 9 heteroatoms. The third-order valence-electron chi connectivity index (χ3n) is 4.60. The maximum Gasteiger partial charge on any atom is 0.244 e. The van der Waals surface area contributed by atoms with Crippen molar-refractivity contribution in [3.8, 4) is 0 Å². The number of amides is 1. The van der Waals surface area contributed by atoms with Crippen LogP contribution < -0.4 is 5.32 Å². The standard InChI is InChI=1S/C17H25BrClN3O3S/c1-12(2)13(3)20-17(23)11-21-6-8-22(9-7-21)26(24,25)16-5-4-14(18)10-15(16)19/h4-5,10,12-13H,6-9,11H2,1-3H3,(H,20,23)/t13-/m0/s1. The first kappa shape index (κ1) is 21.6. The predicted molar refractivity (Wildman–Crippen MR) is 107 cm³/mol. The molecule has 0 radical (unpaired) electrons. The van der Waals surface area contributed by atoms with Gasteiger partial charge in [-0.1, -0.05) is 41.4 Å². The molecule has 26 heavy (non-hydrogen) atoms. The Morgan fingerprint density at radius 3 is 2.38 bits per heavy atom. The normalized spacial score (nSPS) is 18.1. The smallest absolute Gasteiger partial charge is 0.244 e. The number of carbonyl (C=O) groups is 1. The van der Waals surface area contributed by atoms with Gasteiger partial charge in [-0.15, -0.1) is 0 Å². The molecule has 1 heterocycles. The molecule has 1 atom stereocenters. The van der Waals surface area contributed by atoms with Crippen LogP contribution in [0.4, 0.5) is 0 Å². The predicted octanol–water partition coefficient (Wildman–Crippen LogP) is 2.57. The lowest BCUT2D eigenvalue weighted by atomic mass is 10.1. The summed E-state index contributed by atoms with van der Waals surface area (Å²) in [6.07, 6.45) is 0. The average Bonchev–Trinajstić information content (AvgIpc) is 2.54. The third kappa shape index (κ3) is 5.42. The lowest BCUT2D eigenvalue weighted by molar-refractivity contribution is -0.123. The Labute approximate surface area is 169 Å². The van der Waals surface area contributed by atoms with Crippen LogP contribution in [-0.2, 0) is 14.8 Å². The monoisotopic (exact) mass is 465 g/mol. The van der Waals surface area contributed by atoms with Crippen LogP contribution in [-0.4, -0.2) is 62.3 Å². The second-order valence-corrected chi connectivity index (χ2v) is 10.1. The molecule has 1 fully saturated rings. The minimum atomic E-state index is -3.64. The van der Waals surface area contributed by atoms with Crippen LogP contribution in [0.15, 0.2) is 27.6 Å². The van der Waals surface area contributed by atoms with E-state index in [0.717, 1.165) is 4.47 Å². The highest BCUT2D eigenvalue weighted by atomic mass is 79.9. The average molecular weight is 467 g/mol. The number of piperazine rings is 1. The molecule has 1 aromatic carbocycles. The summed E-state index contributed by atoms with van der Waals surface area (Å²) >= 11 is 9.38. The van der Waals surface area contributed by atoms with E-state index in [9.17, 15) is 13.2 Å². The number of hydrogen-bond acceptors (Lipinski definition) is 4. The summed E-state index contributed by atoms with van der Waals surface area (Å²) in [7, 11) is -3.64. The molecule has 0 bridgehead atoms. The van der Waals surface area contributed by atoms with Crippen molar-refractivity contribution in [1.82, 2.24) is 14.5 Å². The van der Waals surface area contributed by atoms with Gasteiger partial charge in [0.15, 0.2) is 0 Å². The topological polar surface area (TPSA) is 69.7 Å². The number of rotatable bonds is 6. The Bertz CT molecular complexity index is 750. The maximum atomic E-state index is 12.8. The van der Waals surface area contributed by atoms with Gasteiger partial charge in [0, 0.05) is 36.7 Å². The van der Waals surface area contributed by atoms with E-state index in [1.807, 2.05) is 11.8 Å². The number of benzene rings is 1. The molecule has 0 unspecified atom stereocenters. The van der Waals surface area contributed by atoms with Gasteiger partial charge in [-0.25, -0.2) is 8.42 Å². The minimum Gasteiger partial charge on any atom is -0.352 e. The third-order valence-corrected chi connectivity index (χ3v) is 7.47. The van der Waals surface area contributed by atoms with Crippen molar-refractivity contribution in [1.29, 1.82) is 0 Å². The van der Waals surface area contributed by atoms with Crippen molar-refractivity contribution in [2.75, 3.05) is 32.7 Å². The molecule has 2 rings (SSSR count). The number of nitrogens with one attached hydrogen (secondary N) is 1. The van der Waals surface area contributed by atoms with Gasteiger partial charge in [0.05, 0.1) is 11.6 Å². The number of sulfonamides is 1. The van der Waals surface area contributed by atoms with Crippen LogP contribution in [0.2, 0.25) is 5.02 Å². The Morgan fingerprint density at radius 2 is 1.85 bits per heavy atom. The van der Waals surface area contributed by atoms with Crippen molar-refractivity contribution in [2.24, 2.45) is 5.92 Å². The molecule has 146 valence electrons. The summed E-state index contributed by atoms with van der Waals surface area (Å²) in [4.78, 5) is 14.2. The first-order valence-corrected chi connectivity index (χ1v) is 11.2. The summed E-state index contributed by atoms with van der Waals surface area (Å²) in [6, 6.07) is 4.86. The van der Waals surface area contributed by atoms with Crippen molar-refractivity contribution < 1.29 is 13.2 Å². The van der Waals surface area contributed by atoms with Gasteiger partial charge in [0.1, 0.15) is 4.90 Å². The summed E-state index contributed by atoms with van der Waals surface area (Å²) in [5.74, 6) is 0.343. The molecule has 1 aliphatic rings. The SMILES string of the molecule is CC(C)[C@H](C)NC(=O)CN1CCN(S(=O)(=O)c2ccc(Br)cc2Cl)CC1. The Balaban J connectivity index is 1.94. The molecule has 1 N–H and O–H groups in total. The molecule has 0 saturated carbocycles. The zero-order valence-electron chi connectivity index (χ0n) is 15.2. The molecule has 0 aliphatic carbocycles. The molecule has 6 nitrogen and oxygen atoms in total. The lowest BCUT2D eigenvalue weighted by Gasteiger charge is -2.34. The summed E-state index contributed by atoms with van der Waals surface area (Å²) in [5.41, 5.74) is 0. The molecular weight excluding hydrogens is 442 g/mol. The number of hydrogen-bond donors (Lipinski definition) is 1. The lowest BCUT2D eigenvalue weighted by Crippen LogP contribution is -2.52. The van der Waals surface area contributed by atoms with Gasteiger partial charge in [-0.3, -0.25) is 9.69 Å². The van der Waals surface area contributed by atoms with Crippen LogP contribution in [0.3, 0.4) is 0 Å². The minimum absolute atomic E-state index is 0.0292. The summed E-state index contributed by atoms with van der Waals surface area (Å²) in [5, 5.41) is 3.17. The molecule has 1 aliphatic heterocycles. The van der Waals surface area contributed by atoms with Crippen molar-refractivity contribution in [2.45, 2.75) is 31.7 Å². The zero-order valence-corrected chi connectivity index (χ0v) is 18.4. The van der Waals surface area contributed by atoms with Crippen molar-refractivity contribution in [3.05, 3.63) is 27.7 Å². The van der Waals surface area contributed by atoms with E-state index < -0.39 is 10.0 Å². The van der Waals surface area contributed by atoms with E-state index >= 15 is 0 Å².